The van der Waals surface area contributed by atoms with Crippen LogP contribution in [-0.2, 0) is 4.79 Å². The summed E-state index contributed by atoms with van der Waals surface area (Å²) in [5.74, 6) is -0.915. The molecule has 2 aromatic heterocycles. The first kappa shape index (κ1) is 15.7. The third-order valence-electron chi connectivity index (χ3n) is 3.22. The van der Waals surface area contributed by atoms with Gasteiger partial charge in [-0.3, -0.25) is 4.79 Å². The van der Waals surface area contributed by atoms with Crippen molar-refractivity contribution in [2.75, 3.05) is 5.32 Å². The Morgan fingerprint density at radius 3 is 2.55 bits per heavy atom. The minimum absolute atomic E-state index is 0.0897. The van der Waals surface area contributed by atoms with E-state index in [1.165, 1.54) is 23.9 Å². The van der Waals surface area contributed by atoms with Crippen molar-refractivity contribution in [2.24, 2.45) is 0 Å². The number of carboxylic acid groups (broad SMARTS) is 1. The summed E-state index contributed by atoms with van der Waals surface area (Å²) in [5, 5.41) is 20.1. The molecule has 2 N–H and O–H groups in total. The molecule has 118 valence electrons. The number of amides is 1. The van der Waals surface area contributed by atoms with Crippen LogP contribution in [0, 0.1) is 6.92 Å². The first-order chi connectivity index (χ1) is 10.3. The summed E-state index contributed by atoms with van der Waals surface area (Å²) in [5.41, 5.74) is 0.973. The molecule has 0 aliphatic rings. The van der Waals surface area contributed by atoms with Gasteiger partial charge >= 0.3 is 5.97 Å². The number of anilines is 1. The molecule has 1 amide bonds. The van der Waals surface area contributed by atoms with E-state index in [1.54, 1.807) is 10.7 Å². The van der Waals surface area contributed by atoms with Gasteiger partial charge in [-0.05, 0) is 33.8 Å². The van der Waals surface area contributed by atoms with Gasteiger partial charge in [-0.1, -0.05) is 0 Å². The summed E-state index contributed by atoms with van der Waals surface area (Å²) in [6.07, 6.45) is 1.40. The maximum Gasteiger partial charge on any atom is 0.328 e. The molecular weight excluding hydrogens is 286 g/mol. The van der Waals surface area contributed by atoms with Gasteiger partial charge in [0.1, 0.15) is 17.6 Å². The largest absolute Gasteiger partial charge is 0.480 e. The zero-order chi connectivity index (χ0) is 16.4. The van der Waals surface area contributed by atoms with Crippen LogP contribution in [0.25, 0.3) is 0 Å². The standard InChI is InChI=1S/C14H19N5O3/c1-8(2)18-12(7-9(3)17-18)16-13(20)11-5-6-15-19(11)10(4)14(21)22/h5-8,10H,1-4H3,(H,16,20)(H,21,22). The quantitative estimate of drug-likeness (QED) is 0.878. The third kappa shape index (κ3) is 3.00. The van der Waals surface area contributed by atoms with Gasteiger partial charge in [0.25, 0.3) is 5.91 Å². The number of nitrogens with one attached hydrogen (secondary N) is 1. The lowest BCUT2D eigenvalue weighted by molar-refractivity contribution is -0.140. The highest BCUT2D eigenvalue weighted by molar-refractivity contribution is 6.02. The maximum absolute atomic E-state index is 12.4. The topological polar surface area (TPSA) is 102 Å². The fourth-order valence-electron chi connectivity index (χ4n) is 2.09. The average Bonchev–Trinajstić information content (AvgIpc) is 3.04. The van der Waals surface area contributed by atoms with Crippen LogP contribution in [0.4, 0.5) is 5.82 Å². The van der Waals surface area contributed by atoms with Crippen molar-refractivity contribution in [3.8, 4) is 0 Å². The Bertz CT molecular complexity index is 701. The Hall–Kier alpha value is -2.64. The lowest BCUT2D eigenvalue weighted by atomic mass is 10.3. The van der Waals surface area contributed by atoms with Crippen LogP contribution in [0.15, 0.2) is 18.3 Å². The molecule has 0 saturated heterocycles. The second-order valence-electron chi connectivity index (χ2n) is 5.34. The molecule has 0 saturated carbocycles. The number of aliphatic carboxylic acids is 1. The van der Waals surface area contributed by atoms with E-state index in [-0.39, 0.29) is 11.7 Å². The van der Waals surface area contributed by atoms with Crippen LogP contribution in [0.1, 0.15) is 49.0 Å². The number of nitrogens with zero attached hydrogens (tertiary/aromatic N) is 4. The SMILES string of the molecule is Cc1cc(NC(=O)c2ccnn2C(C)C(=O)O)n(C(C)C)n1. The van der Waals surface area contributed by atoms with Crippen LogP contribution < -0.4 is 5.32 Å². The smallest absolute Gasteiger partial charge is 0.328 e. The van der Waals surface area contributed by atoms with Gasteiger partial charge in [-0.2, -0.15) is 10.2 Å². The second kappa shape index (κ2) is 6.00. The third-order valence-corrected chi connectivity index (χ3v) is 3.22. The molecule has 2 rings (SSSR count). The second-order valence-corrected chi connectivity index (χ2v) is 5.34. The van der Waals surface area contributed by atoms with Crippen molar-refractivity contribution >= 4 is 17.7 Å². The van der Waals surface area contributed by atoms with Gasteiger partial charge in [-0.25, -0.2) is 14.2 Å². The molecule has 0 aromatic carbocycles. The lowest BCUT2D eigenvalue weighted by Gasteiger charge is -2.14. The molecule has 0 aliphatic carbocycles. The van der Waals surface area contributed by atoms with Crippen LogP contribution >= 0.6 is 0 Å². The summed E-state index contributed by atoms with van der Waals surface area (Å²) >= 11 is 0. The maximum atomic E-state index is 12.4. The summed E-state index contributed by atoms with van der Waals surface area (Å²) < 4.78 is 2.88. The number of aryl methyl sites for hydroxylation is 1. The van der Waals surface area contributed by atoms with E-state index in [9.17, 15) is 9.59 Å². The van der Waals surface area contributed by atoms with E-state index >= 15 is 0 Å². The van der Waals surface area contributed by atoms with Crippen LogP contribution in [0.3, 0.4) is 0 Å². The molecular formula is C14H19N5O3. The highest BCUT2D eigenvalue weighted by Crippen LogP contribution is 2.18. The predicted octanol–water partition coefficient (Wildman–Crippen LogP) is 1.87. The van der Waals surface area contributed by atoms with Gasteiger partial charge < -0.3 is 10.4 Å². The minimum atomic E-state index is -1.05. The van der Waals surface area contributed by atoms with Gasteiger partial charge in [0.15, 0.2) is 0 Å². The van der Waals surface area contributed by atoms with Crippen molar-refractivity contribution in [1.29, 1.82) is 0 Å². The average molecular weight is 305 g/mol. The fourth-order valence-corrected chi connectivity index (χ4v) is 2.09. The number of hydrogen-bond acceptors (Lipinski definition) is 4. The lowest BCUT2D eigenvalue weighted by Crippen LogP contribution is -2.25. The molecule has 8 heteroatoms. The number of rotatable bonds is 5. The number of carbonyl (C=O) groups excluding carboxylic acids is 1. The van der Waals surface area contributed by atoms with Crippen molar-refractivity contribution in [3.63, 3.8) is 0 Å². The first-order valence-corrected chi connectivity index (χ1v) is 6.95. The van der Waals surface area contributed by atoms with Gasteiger partial charge in [-0.15, -0.1) is 0 Å². The van der Waals surface area contributed by atoms with Crippen LogP contribution in [0.5, 0.6) is 0 Å². The zero-order valence-corrected chi connectivity index (χ0v) is 12.9. The van der Waals surface area contributed by atoms with Crippen molar-refractivity contribution in [3.05, 3.63) is 29.7 Å². The highest BCUT2D eigenvalue weighted by atomic mass is 16.4. The zero-order valence-electron chi connectivity index (χ0n) is 12.9. The molecule has 0 radical (unpaired) electrons. The van der Waals surface area contributed by atoms with Crippen molar-refractivity contribution in [2.45, 2.75) is 39.8 Å². The number of carbonyl (C=O) groups is 2. The predicted molar refractivity (Wildman–Crippen MR) is 79.9 cm³/mol. The summed E-state index contributed by atoms with van der Waals surface area (Å²) in [6.45, 7) is 7.22. The fraction of sp³-hybridized carbons (Fsp3) is 0.429. The number of aromatic nitrogens is 4. The summed E-state index contributed by atoms with van der Waals surface area (Å²) in [4.78, 5) is 23.5. The van der Waals surface area contributed by atoms with Gasteiger partial charge in [0.2, 0.25) is 0 Å². The summed E-state index contributed by atoms with van der Waals surface area (Å²) in [7, 11) is 0. The van der Waals surface area contributed by atoms with Crippen LogP contribution in [0.2, 0.25) is 0 Å². The molecule has 0 fully saturated rings. The molecule has 0 bridgehead atoms. The molecule has 1 atom stereocenters. The van der Waals surface area contributed by atoms with E-state index in [0.717, 1.165) is 5.69 Å². The number of carboxylic acids is 1. The Labute approximate surface area is 127 Å². The Balaban J connectivity index is 2.28. The van der Waals surface area contributed by atoms with E-state index in [1.807, 2.05) is 20.8 Å². The first-order valence-electron chi connectivity index (χ1n) is 6.95. The number of hydrogen-bond donors (Lipinski definition) is 2. The monoisotopic (exact) mass is 305 g/mol. The Morgan fingerprint density at radius 1 is 1.27 bits per heavy atom. The molecule has 0 aliphatic heterocycles. The van der Waals surface area contributed by atoms with Crippen molar-refractivity contribution < 1.29 is 14.7 Å². The van der Waals surface area contributed by atoms with Crippen molar-refractivity contribution in [1.82, 2.24) is 19.6 Å². The highest BCUT2D eigenvalue weighted by Gasteiger charge is 2.22. The Morgan fingerprint density at radius 2 is 1.95 bits per heavy atom. The minimum Gasteiger partial charge on any atom is -0.480 e. The molecule has 2 heterocycles. The van der Waals surface area contributed by atoms with Crippen LogP contribution in [-0.4, -0.2) is 36.5 Å². The van der Waals surface area contributed by atoms with E-state index in [4.69, 9.17) is 5.11 Å². The molecule has 22 heavy (non-hydrogen) atoms. The van der Waals surface area contributed by atoms with Gasteiger partial charge in [0, 0.05) is 18.3 Å². The molecule has 1 unspecified atom stereocenters. The molecule has 8 nitrogen and oxygen atoms in total. The molecule has 0 spiro atoms. The Kier molecular flexibility index (Phi) is 4.30. The summed E-state index contributed by atoms with van der Waals surface area (Å²) in [6, 6.07) is 2.41. The normalized spacial score (nSPS) is 12.4. The van der Waals surface area contributed by atoms with E-state index in [2.05, 4.69) is 15.5 Å². The van der Waals surface area contributed by atoms with E-state index < -0.39 is 17.9 Å². The molecule has 2 aromatic rings. The van der Waals surface area contributed by atoms with E-state index in [0.29, 0.717) is 5.82 Å². The van der Waals surface area contributed by atoms with Gasteiger partial charge in [0.05, 0.1) is 5.69 Å².